The first-order valence-corrected chi connectivity index (χ1v) is 18.1. The lowest BCUT2D eigenvalue weighted by molar-refractivity contribution is -0.0289. The quantitative estimate of drug-likeness (QED) is 0.311. The molecule has 6 saturated carbocycles. The molecule has 3 N–H and O–H groups in total. The zero-order valence-electron chi connectivity index (χ0n) is 26.9. The highest BCUT2D eigenvalue weighted by molar-refractivity contribution is 4.97. The Balaban J connectivity index is 0.000000262. The predicted octanol–water partition coefficient (Wildman–Crippen LogP) is 12.3. The molecule has 8 bridgehead atoms. The topological polar surface area (TPSA) is 35.0 Å². The lowest BCUT2D eigenvalue weighted by Gasteiger charge is -2.53. The van der Waals surface area contributed by atoms with Crippen LogP contribution >= 0.6 is 0 Å². The fourth-order valence-electron chi connectivity index (χ4n) is 11.0. The highest BCUT2D eigenvalue weighted by Gasteiger charge is 2.47. The first kappa shape index (κ1) is 32.5. The molecule has 6 fully saturated rings. The third-order valence-electron chi connectivity index (χ3n) is 13.1. The minimum atomic E-state index is 0. The molecule has 0 saturated heterocycles. The lowest BCUT2D eigenvalue weighted by atomic mass is 9.52. The summed E-state index contributed by atoms with van der Waals surface area (Å²) in [5.74, 6) is 11.9. The van der Waals surface area contributed by atoms with Crippen molar-refractivity contribution in [2.45, 2.75) is 169 Å². The monoisotopic (exact) mass is 530 g/mol. The highest BCUT2D eigenvalue weighted by Crippen LogP contribution is 2.56. The second-order valence-electron chi connectivity index (χ2n) is 15.2. The third-order valence-corrected chi connectivity index (χ3v) is 13.1. The molecule has 0 aromatic heterocycles. The second kappa shape index (κ2) is 16.4. The van der Waals surface area contributed by atoms with Crippen LogP contribution in [0.4, 0.5) is 0 Å². The molecular weight excluding hydrogens is 458 g/mol. The summed E-state index contributed by atoms with van der Waals surface area (Å²) in [4.78, 5) is 0. The molecule has 38 heavy (non-hydrogen) atoms. The van der Waals surface area contributed by atoms with E-state index in [1.165, 1.54) is 38.5 Å². The molecule has 6 aliphatic rings. The number of fused-ring (bicyclic) bond motifs is 18. The van der Waals surface area contributed by atoms with Crippen LogP contribution in [0.3, 0.4) is 0 Å². The molecule has 0 amide bonds. The van der Waals surface area contributed by atoms with Crippen molar-refractivity contribution in [3.05, 3.63) is 0 Å². The normalized spacial score (nSPS) is 44.9. The molecule has 224 valence electrons. The maximum Gasteiger partial charge on any atom is -0.0352 e. The highest BCUT2D eigenvalue weighted by atomic mass is 14.5. The number of hydrogen-bond acceptors (Lipinski definition) is 1. The zero-order chi connectivity index (χ0) is 26.2. The van der Waals surface area contributed by atoms with Gasteiger partial charge in [0.15, 0.2) is 0 Å². The number of hydrogen-bond donors (Lipinski definition) is 1. The maximum absolute atomic E-state index is 2.64. The van der Waals surface area contributed by atoms with Crippen molar-refractivity contribution in [3.63, 3.8) is 0 Å². The van der Waals surface area contributed by atoms with Gasteiger partial charge < -0.3 is 6.15 Å². The van der Waals surface area contributed by atoms with Crippen LogP contribution in [0, 0.1) is 65.1 Å². The minimum Gasteiger partial charge on any atom is -0.344 e. The van der Waals surface area contributed by atoms with Gasteiger partial charge in [0, 0.05) is 0 Å². The standard InChI is InChI=1S/C25H42.C10H20.C2H6.H3N/c1-17-5-4-8-20-11-12-21(17)25-16-15-23(20)22-13-14-24(25)19-7-3-2-6-18(22)9-10-19;1-9-5-3-4-6-10(2)8-7-9;1-2;/h17-25H,2-16H2,1H3;9-10H,3-8H2,1-2H3;1-2H3;1H3. The van der Waals surface area contributed by atoms with Crippen LogP contribution in [0.2, 0.25) is 0 Å². The van der Waals surface area contributed by atoms with E-state index >= 15 is 0 Å². The van der Waals surface area contributed by atoms with Gasteiger partial charge in [0.1, 0.15) is 0 Å². The molecule has 1 nitrogen and oxygen atoms in total. The van der Waals surface area contributed by atoms with Crippen molar-refractivity contribution in [1.82, 2.24) is 6.15 Å². The van der Waals surface area contributed by atoms with Crippen LogP contribution in [0.25, 0.3) is 0 Å². The van der Waals surface area contributed by atoms with Gasteiger partial charge in [0.05, 0.1) is 0 Å². The summed E-state index contributed by atoms with van der Waals surface area (Å²) in [6.45, 7) is 11.4. The Bertz CT molecular complexity index is 616. The van der Waals surface area contributed by atoms with Gasteiger partial charge in [0.2, 0.25) is 0 Å². The van der Waals surface area contributed by atoms with Crippen LogP contribution in [0.15, 0.2) is 0 Å². The first-order chi connectivity index (χ1) is 18.1. The predicted molar refractivity (Wildman–Crippen MR) is 169 cm³/mol. The fourth-order valence-corrected chi connectivity index (χ4v) is 11.0. The van der Waals surface area contributed by atoms with E-state index < -0.39 is 0 Å². The van der Waals surface area contributed by atoms with E-state index in [9.17, 15) is 0 Å². The van der Waals surface area contributed by atoms with Gasteiger partial charge in [-0.3, -0.25) is 0 Å². The van der Waals surface area contributed by atoms with Crippen LogP contribution in [0.1, 0.15) is 169 Å². The summed E-state index contributed by atoms with van der Waals surface area (Å²) in [6, 6.07) is 0. The SMILES string of the molecule is CC.CC1CCCC2CCC1C1CCC2C2CCC1C1CCCCC2CC1.CC1CCCCC(C)CC1.N. The Labute approximate surface area is 240 Å². The molecule has 11 atom stereocenters. The van der Waals surface area contributed by atoms with Crippen molar-refractivity contribution >= 4 is 0 Å². The maximum atomic E-state index is 2.64. The van der Waals surface area contributed by atoms with Crippen LogP contribution < -0.4 is 6.15 Å². The minimum absolute atomic E-state index is 0. The fraction of sp³-hybridized carbons (Fsp3) is 1.00. The summed E-state index contributed by atoms with van der Waals surface area (Å²) in [5, 5.41) is 0. The van der Waals surface area contributed by atoms with Gasteiger partial charge >= 0.3 is 0 Å². The van der Waals surface area contributed by atoms with Gasteiger partial charge in [-0.05, 0) is 116 Å². The van der Waals surface area contributed by atoms with E-state index in [1.807, 2.05) is 13.8 Å². The Hall–Kier alpha value is -0.0400. The molecule has 0 radical (unpaired) electrons. The average Bonchev–Trinajstić information content (AvgIpc) is 2.85. The Kier molecular flexibility index (Phi) is 14.0. The summed E-state index contributed by atoms with van der Waals surface area (Å²) in [6.07, 6.45) is 32.8. The largest absolute Gasteiger partial charge is 0.344 e. The van der Waals surface area contributed by atoms with E-state index in [4.69, 9.17) is 0 Å². The molecule has 6 aliphatic carbocycles. The van der Waals surface area contributed by atoms with Crippen LogP contribution in [-0.2, 0) is 0 Å². The van der Waals surface area contributed by atoms with E-state index in [-0.39, 0.29) is 6.15 Å². The van der Waals surface area contributed by atoms with E-state index in [2.05, 4.69) is 20.8 Å². The average molecular weight is 530 g/mol. The van der Waals surface area contributed by atoms with Gasteiger partial charge in [0.25, 0.3) is 0 Å². The van der Waals surface area contributed by atoms with E-state index in [0.29, 0.717) is 0 Å². The van der Waals surface area contributed by atoms with Crippen molar-refractivity contribution < 1.29 is 0 Å². The molecule has 0 heterocycles. The molecule has 6 rings (SSSR count). The summed E-state index contributed by atoms with van der Waals surface area (Å²) in [5.41, 5.74) is 0. The Morgan fingerprint density at radius 1 is 0.316 bits per heavy atom. The smallest absolute Gasteiger partial charge is 0.0352 e. The molecular formula is C37H71N. The summed E-state index contributed by atoms with van der Waals surface area (Å²) < 4.78 is 0. The molecule has 0 aliphatic heterocycles. The van der Waals surface area contributed by atoms with Crippen molar-refractivity contribution in [2.24, 2.45) is 65.1 Å². The van der Waals surface area contributed by atoms with Crippen molar-refractivity contribution in [3.8, 4) is 0 Å². The van der Waals surface area contributed by atoms with Gasteiger partial charge in [-0.25, -0.2) is 0 Å². The molecule has 11 unspecified atom stereocenters. The van der Waals surface area contributed by atoms with Crippen molar-refractivity contribution in [1.29, 1.82) is 0 Å². The summed E-state index contributed by atoms with van der Waals surface area (Å²) in [7, 11) is 0. The Morgan fingerprint density at radius 3 is 1.21 bits per heavy atom. The second-order valence-corrected chi connectivity index (χ2v) is 15.2. The molecule has 0 aromatic rings. The molecule has 0 aromatic carbocycles. The molecule has 1 heteroatoms. The van der Waals surface area contributed by atoms with Crippen molar-refractivity contribution in [2.75, 3.05) is 0 Å². The summed E-state index contributed by atoms with van der Waals surface area (Å²) >= 11 is 0. The third kappa shape index (κ3) is 8.26. The number of rotatable bonds is 0. The zero-order valence-corrected chi connectivity index (χ0v) is 26.9. The first-order valence-electron chi connectivity index (χ1n) is 18.1. The van der Waals surface area contributed by atoms with Gasteiger partial charge in [-0.15, -0.1) is 0 Å². The van der Waals surface area contributed by atoms with Crippen LogP contribution in [0.5, 0.6) is 0 Å². The van der Waals surface area contributed by atoms with Crippen LogP contribution in [-0.4, -0.2) is 0 Å². The van der Waals surface area contributed by atoms with Gasteiger partial charge in [-0.2, -0.15) is 0 Å². The van der Waals surface area contributed by atoms with E-state index in [0.717, 1.165) is 65.1 Å². The lowest BCUT2D eigenvalue weighted by Crippen LogP contribution is -2.44. The molecule has 0 spiro atoms. The Morgan fingerprint density at radius 2 is 0.684 bits per heavy atom. The van der Waals surface area contributed by atoms with Gasteiger partial charge in [-0.1, -0.05) is 118 Å². The van der Waals surface area contributed by atoms with E-state index in [1.54, 1.807) is 96.3 Å².